The summed E-state index contributed by atoms with van der Waals surface area (Å²) < 4.78 is 10.2. The number of amides is 1. The molecule has 0 unspecified atom stereocenters. The molecule has 0 aromatic heterocycles. The molecule has 1 fully saturated rings. The average molecular weight is 310 g/mol. The Kier molecular flexibility index (Phi) is 4.44. The molecule has 2 atom stereocenters. The second-order valence-corrected chi connectivity index (χ2v) is 4.70. The minimum atomic E-state index is -1.23. The quantitative estimate of drug-likeness (QED) is 0.505. The van der Waals surface area contributed by atoms with Crippen LogP contribution >= 0.6 is 0 Å². The lowest BCUT2D eigenvalue weighted by Crippen LogP contribution is -2.40. The van der Waals surface area contributed by atoms with Gasteiger partial charge in [0, 0.05) is 18.6 Å². The Bertz CT molecular complexity index is 587. The Balaban J connectivity index is 2.06. The average Bonchev–Trinajstić information content (AvgIpc) is 2.91. The van der Waals surface area contributed by atoms with Crippen LogP contribution in [0.2, 0.25) is 0 Å². The van der Waals surface area contributed by atoms with Gasteiger partial charge in [-0.15, -0.1) is 0 Å². The normalized spacial score (nSPS) is 20.5. The molecule has 0 aliphatic carbocycles. The van der Waals surface area contributed by atoms with E-state index in [1.54, 1.807) is 0 Å². The first-order chi connectivity index (χ1) is 10.4. The number of nitro groups is 1. The van der Waals surface area contributed by atoms with E-state index in [-0.39, 0.29) is 18.7 Å². The van der Waals surface area contributed by atoms with Crippen LogP contribution in [0.3, 0.4) is 0 Å². The van der Waals surface area contributed by atoms with E-state index in [9.17, 15) is 19.7 Å². The van der Waals surface area contributed by atoms with Crippen molar-refractivity contribution in [2.75, 3.05) is 13.7 Å². The lowest BCUT2D eigenvalue weighted by Gasteiger charge is -2.18. The maximum Gasteiger partial charge on any atom is 0.408 e. The fourth-order valence-electron chi connectivity index (χ4n) is 2.29. The Labute approximate surface area is 125 Å². The van der Waals surface area contributed by atoms with Crippen LogP contribution in [-0.2, 0) is 9.53 Å². The Morgan fingerprint density at radius 3 is 2.50 bits per heavy atom. The summed E-state index contributed by atoms with van der Waals surface area (Å²) in [6.07, 6.45) is -1.59. The van der Waals surface area contributed by atoms with Gasteiger partial charge in [0.25, 0.3) is 5.69 Å². The number of likely N-dealkylation sites (tertiary alicyclic amines) is 1. The second kappa shape index (κ2) is 6.29. The van der Waals surface area contributed by atoms with E-state index in [2.05, 4.69) is 4.74 Å². The zero-order valence-corrected chi connectivity index (χ0v) is 11.7. The van der Waals surface area contributed by atoms with E-state index in [1.807, 2.05) is 0 Å². The summed E-state index contributed by atoms with van der Waals surface area (Å²) in [7, 11) is 1.19. The van der Waals surface area contributed by atoms with Crippen LogP contribution in [-0.4, -0.2) is 52.8 Å². The molecule has 2 rings (SSSR count). The van der Waals surface area contributed by atoms with E-state index in [4.69, 9.17) is 9.84 Å². The fraction of sp³-hybridized carbons (Fsp3) is 0.385. The summed E-state index contributed by atoms with van der Waals surface area (Å²) in [5, 5.41) is 19.7. The molecule has 9 nitrogen and oxygen atoms in total. The van der Waals surface area contributed by atoms with E-state index >= 15 is 0 Å². The summed E-state index contributed by atoms with van der Waals surface area (Å²) in [5.41, 5.74) is -0.0710. The maximum absolute atomic E-state index is 11.6. The monoisotopic (exact) mass is 310 g/mol. The van der Waals surface area contributed by atoms with Crippen LogP contribution in [0.25, 0.3) is 0 Å². The minimum absolute atomic E-state index is 0.0199. The van der Waals surface area contributed by atoms with Gasteiger partial charge in [-0.1, -0.05) is 0 Å². The van der Waals surface area contributed by atoms with Crippen molar-refractivity contribution in [3.8, 4) is 5.75 Å². The van der Waals surface area contributed by atoms with Crippen molar-refractivity contribution in [3.05, 3.63) is 34.4 Å². The van der Waals surface area contributed by atoms with Gasteiger partial charge in [-0.2, -0.15) is 0 Å². The largest absolute Gasteiger partial charge is 0.488 e. The highest BCUT2D eigenvalue weighted by atomic mass is 16.6. The summed E-state index contributed by atoms with van der Waals surface area (Å²) in [4.78, 5) is 33.7. The van der Waals surface area contributed by atoms with Gasteiger partial charge in [0.15, 0.2) is 0 Å². The number of rotatable bonds is 4. The topological polar surface area (TPSA) is 119 Å². The standard InChI is InChI=1S/C13H14N2O7/c1-21-12(16)11-6-10(7-14(11)13(17)18)22-9-4-2-8(3-5-9)15(19)20/h2-5,10-11H,6-7H2,1H3,(H,17,18)/t10-,11+/m0/s1. The van der Waals surface area contributed by atoms with E-state index in [0.717, 1.165) is 4.90 Å². The number of carbonyl (C=O) groups is 2. The molecule has 0 radical (unpaired) electrons. The maximum atomic E-state index is 11.6. The number of ether oxygens (including phenoxy) is 2. The fourth-order valence-corrected chi connectivity index (χ4v) is 2.29. The number of carbonyl (C=O) groups excluding carboxylic acids is 1. The van der Waals surface area contributed by atoms with Gasteiger partial charge >= 0.3 is 12.1 Å². The van der Waals surface area contributed by atoms with Crippen molar-refractivity contribution in [1.29, 1.82) is 0 Å². The highest BCUT2D eigenvalue weighted by Crippen LogP contribution is 2.25. The SMILES string of the molecule is COC(=O)[C@H]1C[C@H](Oc2ccc([N+](=O)[O-])cc2)CN1C(=O)O. The van der Waals surface area contributed by atoms with Crippen LogP contribution in [0.4, 0.5) is 10.5 Å². The predicted molar refractivity (Wildman–Crippen MR) is 72.7 cm³/mol. The third-order valence-electron chi connectivity index (χ3n) is 3.33. The van der Waals surface area contributed by atoms with Crippen LogP contribution in [0.1, 0.15) is 6.42 Å². The van der Waals surface area contributed by atoms with Crippen molar-refractivity contribution >= 4 is 17.7 Å². The number of non-ortho nitro benzene ring substituents is 1. The van der Waals surface area contributed by atoms with Gasteiger partial charge < -0.3 is 14.6 Å². The number of methoxy groups -OCH3 is 1. The highest BCUT2D eigenvalue weighted by molar-refractivity contribution is 5.81. The first kappa shape index (κ1) is 15.5. The zero-order valence-electron chi connectivity index (χ0n) is 11.7. The molecular formula is C13H14N2O7. The molecule has 1 aliphatic heterocycles. The van der Waals surface area contributed by atoms with Crippen molar-refractivity contribution in [1.82, 2.24) is 4.90 Å². The molecular weight excluding hydrogens is 296 g/mol. The summed E-state index contributed by atoms with van der Waals surface area (Å²) >= 11 is 0. The van der Waals surface area contributed by atoms with Gasteiger partial charge in [-0.25, -0.2) is 9.59 Å². The lowest BCUT2D eigenvalue weighted by molar-refractivity contribution is -0.384. The predicted octanol–water partition coefficient (Wildman–Crippen LogP) is 1.27. The number of esters is 1. The molecule has 0 bridgehead atoms. The second-order valence-electron chi connectivity index (χ2n) is 4.70. The van der Waals surface area contributed by atoms with Crippen LogP contribution in [0, 0.1) is 10.1 Å². The van der Waals surface area contributed by atoms with Crippen LogP contribution in [0.15, 0.2) is 24.3 Å². The van der Waals surface area contributed by atoms with Crippen molar-refractivity contribution in [3.63, 3.8) is 0 Å². The zero-order chi connectivity index (χ0) is 16.3. The number of benzene rings is 1. The van der Waals surface area contributed by atoms with E-state index in [1.165, 1.54) is 31.4 Å². The smallest absolute Gasteiger partial charge is 0.408 e. The molecule has 1 saturated heterocycles. The highest BCUT2D eigenvalue weighted by Gasteiger charge is 2.41. The third kappa shape index (κ3) is 3.25. The molecule has 9 heteroatoms. The van der Waals surface area contributed by atoms with E-state index < -0.39 is 29.1 Å². The molecule has 0 saturated carbocycles. The first-order valence-corrected chi connectivity index (χ1v) is 6.41. The molecule has 1 N–H and O–H groups in total. The number of carboxylic acid groups (broad SMARTS) is 1. The number of hydrogen-bond donors (Lipinski definition) is 1. The van der Waals surface area contributed by atoms with Gasteiger partial charge in [0.05, 0.1) is 18.6 Å². The van der Waals surface area contributed by atoms with Crippen LogP contribution < -0.4 is 4.74 Å². The summed E-state index contributed by atoms with van der Waals surface area (Å²) in [5.74, 6) is -0.274. The van der Waals surface area contributed by atoms with Crippen molar-refractivity contribution in [2.45, 2.75) is 18.6 Å². The summed E-state index contributed by atoms with van der Waals surface area (Å²) in [6.45, 7) is 0.0199. The van der Waals surface area contributed by atoms with Crippen molar-refractivity contribution in [2.24, 2.45) is 0 Å². The number of nitro benzene ring substituents is 1. The Morgan fingerprint density at radius 1 is 1.36 bits per heavy atom. The third-order valence-corrected chi connectivity index (χ3v) is 3.33. The Morgan fingerprint density at radius 2 is 2.00 bits per heavy atom. The molecule has 1 heterocycles. The molecule has 1 aromatic rings. The lowest BCUT2D eigenvalue weighted by atomic mass is 10.2. The summed E-state index contributed by atoms with van der Waals surface area (Å²) in [6, 6.07) is 4.52. The molecule has 0 spiro atoms. The van der Waals surface area contributed by atoms with Crippen LogP contribution in [0.5, 0.6) is 5.75 Å². The molecule has 118 valence electrons. The van der Waals surface area contributed by atoms with Gasteiger partial charge in [0.1, 0.15) is 17.9 Å². The van der Waals surface area contributed by atoms with Gasteiger partial charge in [-0.05, 0) is 12.1 Å². The molecule has 22 heavy (non-hydrogen) atoms. The minimum Gasteiger partial charge on any atom is -0.488 e. The van der Waals surface area contributed by atoms with E-state index in [0.29, 0.717) is 5.75 Å². The van der Waals surface area contributed by atoms with Crippen molar-refractivity contribution < 1.29 is 29.1 Å². The molecule has 1 amide bonds. The van der Waals surface area contributed by atoms with Gasteiger partial charge in [0.2, 0.25) is 0 Å². The first-order valence-electron chi connectivity index (χ1n) is 6.41. The Hall–Kier alpha value is -2.84. The number of nitrogens with zero attached hydrogens (tertiary/aromatic N) is 2. The van der Waals surface area contributed by atoms with Gasteiger partial charge in [-0.3, -0.25) is 15.0 Å². The molecule has 1 aliphatic rings. The molecule has 1 aromatic carbocycles. The number of hydrogen-bond acceptors (Lipinski definition) is 6.